The molecule has 2 aliphatic rings. The van der Waals surface area contributed by atoms with Crippen molar-refractivity contribution < 1.29 is 23.9 Å². The zero-order valence-corrected chi connectivity index (χ0v) is 17.0. The predicted octanol–water partition coefficient (Wildman–Crippen LogP) is 3.38. The van der Waals surface area contributed by atoms with Gasteiger partial charge in [-0.2, -0.15) is 0 Å². The van der Waals surface area contributed by atoms with E-state index in [4.69, 9.17) is 9.47 Å². The van der Waals surface area contributed by atoms with Crippen LogP contribution in [0.2, 0.25) is 0 Å². The molecule has 1 N–H and O–H groups in total. The minimum absolute atomic E-state index is 0.126. The van der Waals surface area contributed by atoms with Gasteiger partial charge in [0, 0.05) is 10.6 Å². The number of carbonyl (C=O) groups excluding carboxylic acids is 3. The normalized spacial score (nSPS) is 15.5. The molecular weight excluding hydrogens is 412 g/mol. The van der Waals surface area contributed by atoms with Gasteiger partial charge in [-0.05, 0) is 35.9 Å². The van der Waals surface area contributed by atoms with Crippen LogP contribution in [0, 0.1) is 0 Å². The topological polar surface area (TPSA) is 84.9 Å². The lowest BCUT2D eigenvalue weighted by molar-refractivity contribution is -0.125. The molecule has 4 rings (SSSR count). The van der Waals surface area contributed by atoms with Crippen LogP contribution in [0.4, 0.5) is 10.5 Å². The first-order chi connectivity index (χ1) is 14.1. The average molecular weight is 431 g/mol. The van der Waals surface area contributed by atoms with Crippen molar-refractivity contribution in [3.63, 3.8) is 0 Å². The van der Waals surface area contributed by atoms with Gasteiger partial charge in [-0.25, -0.2) is 0 Å². The summed E-state index contributed by atoms with van der Waals surface area (Å²) >= 11 is 2.43. The molecule has 0 saturated carbocycles. The molecule has 150 valence electrons. The Balaban J connectivity index is 1.28. The van der Waals surface area contributed by atoms with Gasteiger partial charge in [-0.15, -0.1) is 11.8 Å². The summed E-state index contributed by atoms with van der Waals surface area (Å²) in [5.74, 6) is 1.59. The number of anilines is 1. The molecule has 0 spiro atoms. The number of fused-ring (bicyclic) bond motifs is 1. The molecule has 0 bridgehead atoms. The molecule has 0 unspecified atom stereocenters. The number of thioether (sulfide) groups is 2. The summed E-state index contributed by atoms with van der Waals surface area (Å²) < 4.78 is 11.0. The second-order valence-corrected chi connectivity index (χ2v) is 8.35. The first-order valence-corrected chi connectivity index (χ1v) is 10.9. The number of benzene rings is 2. The number of amides is 3. The van der Waals surface area contributed by atoms with E-state index >= 15 is 0 Å². The van der Waals surface area contributed by atoms with E-state index in [1.54, 1.807) is 24.3 Å². The molecular formula is C20H18N2O5S2. The van der Waals surface area contributed by atoms with Gasteiger partial charge >= 0.3 is 0 Å². The Morgan fingerprint density at radius 1 is 1.07 bits per heavy atom. The van der Waals surface area contributed by atoms with Crippen molar-refractivity contribution >= 4 is 46.3 Å². The number of hydrogen-bond donors (Lipinski definition) is 1. The van der Waals surface area contributed by atoms with Gasteiger partial charge in [0.2, 0.25) is 11.8 Å². The maximum atomic E-state index is 12.2. The fourth-order valence-corrected chi connectivity index (χ4v) is 4.32. The molecule has 0 aromatic heterocycles. The minimum Gasteiger partial charge on any atom is -0.486 e. The van der Waals surface area contributed by atoms with Gasteiger partial charge in [-0.1, -0.05) is 23.9 Å². The smallest absolute Gasteiger partial charge is 0.289 e. The Bertz CT molecular complexity index is 932. The zero-order chi connectivity index (χ0) is 20.2. The SMILES string of the molecule is O=C(CSc1ccc2c(c1)OCCO2)Nc1ccc(CN2C(=O)CSC2=O)cc1. The van der Waals surface area contributed by atoms with Gasteiger partial charge in [0.1, 0.15) is 13.2 Å². The number of rotatable bonds is 6. The highest BCUT2D eigenvalue weighted by atomic mass is 32.2. The Kier molecular flexibility index (Phi) is 5.96. The Morgan fingerprint density at radius 3 is 2.55 bits per heavy atom. The third-order valence-corrected chi connectivity index (χ3v) is 6.15. The van der Waals surface area contributed by atoms with Crippen molar-refractivity contribution in [2.45, 2.75) is 11.4 Å². The van der Waals surface area contributed by atoms with E-state index in [1.165, 1.54) is 16.7 Å². The maximum absolute atomic E-state index is 12.2. The monoisotopic (exact) mass is 430 g/mol. The third kappa shape index (κ3) is 4.86. The van der Waals surface area contributed by atoms with Gasteiger partial charge in [0.15, 0.2) is 11.5 Å². The van der Waals surface area contributed by atoms with Crippen LogP contribution in [0.1, 0.15) is 5.56 Å². The maximum Gasteiger partial charge on any atom is 0.289 e. The molecule has 0 atom stereocenters. The van der Waals surface area contributed by atoms with Crippen LogP contribution in [-0.2, 0) is 16.1 Å². The second kappa shape index (κ2) is 8.79. The molecule has 2 aliphatic heterocycles. The summed E-state index contributed by atoms with van der Waals surface area (Å²) in [6.07, 6.45) is 0. The highest BCUT2D eigenvalue weighted by Crippen LogP contribution is 2.34. The van der Waals surface area contributed by atoms with Crippen molar-refractivity contribution in [2.24, 2.45) is 0 Å². The Hall–Kier alpha value is -2.65. The summed E-state index contributed by atoms with van der Waals surface area (Å²) in [6.45, 7) is 1.32. The van der Waals surface area contributed by atoms with Crippen LogP contribution < -0.4 is 14.8 Å². The van der Waals surface area contributed by atoms with Crippen molar-refractivity contribution in [3.05, 3.63) is 48.0 Å². The van der Waals surface area contributed by atoms with E-state index < -0.39 is 0 Å². The first kappa shape index (κ1) is 19.7. The van der Waals surface area contributed by atoms with Crippen LogP contribution in [0.25, 0.3) is 0 Å². The van der Waals surface area contributed by atoms with E-state index in [-0.39, 0.29) is 35.1 Å². The summed E-state index contributed by atoms with van der Waals surface area (Å²) in [4.78, 5) is 37.7. The zero-order valence-electron chi connectivity index (χ0n) is 15.4. The van der Waals surface area contributed by atoms with Crippen molar-refractivity contribution in [2.75, 3.05) is 30.0 Å². The van der Waals surface area contributed by atoms with Gasteiger partial charge < -0.3 is 14.8 Å². The lowest BCUT2D eigenvalue weighted by Crippen LogP contribution is -2.27. The van der Waals surface area contributed by atoms with E-state index in [0.29, 0.717) is 24.7 Å². The Labute approximate surface area is 176 Å². The van der Waals surface area contributed by atoms with Crippen LogP contribution in [-0.4, -0.2) is 46.7 Å². The van der Waals surface area contributed by atoms with Crippen LogP contribution in [0.15, 0.2) is 47.4 Å². The van der Waals surface area contributed by atoms with Crippen molar-refractivity contribution in [3.8, 4) is 11.5 Å². The summed E-state index contributed by atoms with van der Waals surface area (Å²) in [7, 11) is 0. The number of nitrogens with one attached hydrogen (secondary N) is 1. The van der Waals surface area contributed by atoms with Crippen molar-refractivity contribution in [1.29, 1.82) is 0 Å². The summed E-state index contributed by atoms with van der Waals surface area (Å²) in [6, 6.07) is 12.8. The number of ether oxygens (including phenoxy) is 2. The molecule has 2 aromatic rings. The van der Waals surface area contributed by atoms with Crippen LogP contribution in [0.3, 0.4) is 0 Å². The Morgan fingerprint density at radius 2 is 1.83 bits per heavy atom. The number of nitrogens with zero attached hydrogens (tertiary/aromatic N) is 1. The molecule has 1 fully saturated rings. The molecule has 29 heavy (non-hydrogen) atoms. The fraction of sp³-hybridized carbons (Fsp3) is 0.250. The van der Waals surface area contributed by atoms with Crippen molar-refractivity contribution in [1.82, 2.24) is 4.90 Å². The first-order valence-electron chi connectivity index (χ1n) is 8.97. The van der Waals surface area contributed by atoms with Crippen LogP contribution in [0.5, 0.6) is 11.5 Å². The van der Waals surface area contributed by atoms with E-state index in [9.17, 15) is 14.4 Å². The number of hydrogen-bond acceptors (Lipinski definition) is 7. The van der Waals surface area contributed by atoms with Crippen LogP contribution >= 0.6 is 23.5 Å². The average Bonchev–Trinajstić information content (AvgIpc) is 3.05. The molecule has 1 saturated heterocycles. The van der Waals surface area contributed by atoms with Gasteiger partial charge in [0.25, 0.3) is 5.24 Å². The molecule has 7 nitrogen and oxygen atoms in total. The number of carbonyl (C=O) groups is 3. The predicted molar refractivity (Wildman–Crippen MR) is 112 cm³/mol. The third-order valence-electron chi connectivity index (χ3n) is 4.30. The molecule has 0 aliphatic carbocycles. The molecule has 3 amide bonds. The van der Waals surface area contributed by atoms with E-state index in [2.05, 4.69) is 5.32 Å². The summed E-state index contributed by atoms with van der Waals surface area (Å²) in [5, 5.41) is 2.63. The largest absolute Gasteiger partial charge is 0.486 e. The van der Waals surface area contributed by atoms with E-state index in [0.717, 1.165) is 28.0 Å². The lowest BCUT2D eigenvalue weighted by atomic mass is 10.2. The van der Waals surface area contributed by atoms with Gasteiger partial charge in [-0.3, -0.25) is 19.3 Å². The van der Waals surface area contributed by atoms with Gasteiger partial charge in [0.05, 0.1) is 18.1 Å². The lowest BCUT2D eigenvalue weighted by Gasteiger charge is -2.18. The molecule has 9 heteroatoms. The fourth-order valence-electron chi connectivity index (χ4n) is 2.87. The highest BCUT2D eigenvalue weighted by molar-refractivity contribution is 8.14. The summed E-state index contributed by atoms with van der Waals surface area (Å²) in [5.41, 5.74) is 1.49. The molecule has 2 heterocycles. The highest BCUT2D eigenvalue weighted by Gasteiger charge is 2.29. The molecule has 0 radical (unpaired) electrons. The second-order valence-electron chi connectivity index (χ2n) is 6.37. The number of imide groups is 1. The quantitative estimate of drug-likeness (QED) is 0.703. The molecule has 2 aromatic carbocycles. The standard InChI is InChI=1S/C20H18N2O5S2/c23-18(11-28-15-5-6-16-17(9-15)27-8-7-26-16)21-14-3-1-13(2-4-14)10-22-19(24)12-29-20(22)25/h1-6,9H,7-8,10-12H2,(H,21,23). The minimum atomic E-state index is -0.219. The van der Waals surface area contributed by atoms with E-state index in [1.807, 2.05) is 18.2 Å².